The van der Waals surface area contributed by atoms with Crippen LogP contribution in [0.15, 0.2) is 34.9 Å². The summed E-state index contributed by atoms with van der Waals surface area (Å²) in [5, 5.41) is 11.0. The molecule has 0 spiro atoms. The zero-order chi connectivity index (χ0) is 25.4. The van der Waals surface area contributed by atoms with Crippen LogP contribution < -0.4 is 0 Å². The summed E-state index contributed by atoms with van der Waals surface area (Å²) in [4.78, 5) is 31.4. The van der Waals surface area contributed by atoms with Gasteiger partial charge in [0.05, 0.1) is 17.8 Å². The first-order valence-electron chi connectivity index (χ1n) is 12.4. The average Bonchev–Trinajstić information content (AvgIpc) is 3.43. The van der Waals surface area contributed by atoms with E-state index in [-0.39, 0.29) is 24.5 Å². The second kappa shape index (κ2) is 9.59. The molecule has 5 rings (SSSR count). The molecule has 1 aromatic carbocycles. The maximum absolute atomic E-state index is 13.9. The van der Waals surface area contributed by atoms with Crippen LogP contribution in [-0.4, -0.2) is 50.9 Å². The number of ether oxygens (including phenoxy) is 1. The van der Waals surface area contributed by atoms with Crippen molar-refractivity contribution >= 4 is 33.4 Å². The maximum atomic E-state index is 13.9. The Labute approximate surface area is 213 Å². The van der Waals surface area contributed by atoms with Crippen molar-refractivity contribution in [1.29, 1.82) is 0 Å². The number of hydrogen-bond acceptors (Lipinski definition) is 6. The van der Waals surface area contributed by atoms with Crippen LogP contribution in [0.3, 0.4) is 0 Å². The van der Waals surface area contributed by atoms with Gasteiger partial charge in [-0.05, 0) is 69.0 Å². The highest BCUT2D eigenvalue weighted by Gasteiger charge is 2.40. The Hall–Kier alpha value is -3.36. The van der Waals surface area contributed by atoms with E-state index in [0.717, 1.165) is 47.9 Å². The van der Waals surface area contributed by atoms with Gasteiger partial charge in [0.15, 0.2) is 0 Å². The molecule has 1 saturated carbocycles. The third-order valence-corrected chi connectivity index (χ3v) is 8.04. The molecule has 3 aromatic rings. The molecule has 1 atom stereocenters. The summed E-state index contributed by atoms with van der Waals surface area (Å²) >= 11 is 1.66. The third-order valence-electron chi connectivity index (χ3n) is 6.97. The highest BCUT2D eigenvalue weighted by Crippen LogP contribution is 2.37. The number of hydrogen-bond donors (Lipinski definition) is 0. The van der Waals surface area contributed by atoms with Gasteiger partial charge in [0.2, 0.25) is 0 Å². The molecular weight excluding hydrogens is 476 g/mol. The van der Waals surface area contributed by atoms with Crippen LogP contribution >= 0.6 is 11.3 Å². The molecule has 2 aliphatic rings. The topological polar surface area (TPSA) is 113 Å². The number of rotatable bonds is 7. The van der Waals surface area contributed by atoms with E-state index >= 15 is 0 Å². The zero-order valence-corrected chi connectivity index (χ0v) is 21.6. The van der Waals surface area contributed by atoms with Crippen molar-refractivity contribution in [3.63, 3.8) is 0 Å². The summed E-state index contributed by atoms with van der Waals surface area (Å²) in [7, 11) is 0. The molecule has 2 aromatic heterocycles. The number of fused-ring (bicyclic) bond motifs is 2. The van der Waals surface area contributed by atoms with Crippen LogP contribution in [0.1, 0.15) is 67.2 Å². The number of aryl methyl sites for hydroxylation is 2. The number of thiophene rings is 1. The van der Waals surface area contributed by atoms with E-state index in [1.807, 2.05) is 11.4 Å². The van der Waals surface area contributed by atoms with E-state index in [2.05, 4.69) is 39.1 Å². The molecular formula is C26H30N6O3S. The predicted octanol–water partition coefficient (Wildman–Crippen LogP) is 5.90. The molecule has 2 aliphatic carbocycles. The summed E-state index contributed by atoms with van der Waals surface area (Å²) in [5.74, 6) is 0.108. The molecule has 1 amide bonds. The van der Waals surface area contributed by atoms with Crippen LogP contribution in [0.25, 0.3) is 20.5 Å². The fourth-order valence-electron chi connectivity index (χ4n) is 5.02. The molecule has 0 saturated heterocycles. The molecule has 0 radical (unpaired) electrons. The van der Waals surface area contributed by atoms with Gasteiger partial charge >= 0.3 is 6.09 Å². The molecule has 0 bridgehead atoms. The van der Waals surface area contributed by atoms with E-state index in [1.165, 1.54) is 14.9 Å². The molecule has 0 N–H and O–H groups in total. The minimum Gasteiger partial charge on any atom is -0.442 e. The van der Waals surface area contributed by atoms with Crippen molar-refractivity contribution in [2.24, 2.45) is 5.11 Å². The average molecular weight is 507 g/mol. The van der Waals surface area contributed by atoms with Gasteiger partial charge < -0.3 is 9.64 Å². The van der Waals surface area contributed by atoms with Crippen molar-refractivity contribution in [2.45, 2.75) is 77.0 Å². The normalized spacial score (nSPS) is 17.4. The number of aromatic nitrogens is 2. The monoisotopic (exact) mass is 506 g/mol. The lowest BCUT2D eigenvalue weighted by atomic mass is 9.91. The van der Waals surface area contributed by atoms with Gasteiger partial charge in [0.25, 0.3) is 5.91 Å². The molecule has 1 unspecified atom stereocenters. The number of azide groups is 1. The van der Waals surface area contributed by atoms with Gasteiger partial charge in [0, 0.05) is 38.7 Å². The minimum atomic E-state index is -0.936. The standard InChI is InChI=1S/C26H30N6O3S/c1-4-16-6-5-7-20-21(14-36-23(16)20)24(33)32(18-8-9-18)19-10-11-22-17(12-19)13-31(29-22)25(34)35-26(2,3)15-28-30-27/h5-7,13-14,18-19H,4,8-12,15H2,1-3H3. The maximum Gasteiger partial charge on any atom is 0.435 e. The molecule has 9 nitrogen and oxygen atoms in total. The molecule has 0 aliphatic heterocycles. The van der Waals surface area contributed by atoms with Crippen molar-refractivity contribution in [3.8, 4) is 0 Å². The van der Waals surface area contributed by atoms with E-state index in [9.17, 15) is 9.59 Å². The summed E-state index contributed by atoms with van der Waals surface area (Å²) in [6, 6.07) is 6.57. The Morgan fingerprint density at radius 3 is 2.83 bits per heavy atom. The summed E-state index contributed by atoms with van der Waals surface area (Å²) in [6.07, 6.45) is 6.29. The molecule has 2 heterocycles. The summed E-state index contributed by atoms with van der Waals surface area (Å²) in [6.45, 7) is 5.56. The predicted molar refractivity (Wildman–Crippen MR) is 138 cm³/mol. The van der Waals surface area contributed by atoms with Gasteiger partial charge in [-0.15, -0.1) is 11.3 Å². The Morgan fingerprint density at radius 1 is 1.31 bits per heavy atom. The lowest BCUT2D eigenvalue weighted by Gasteiger charge is -2.34. The molecule has 10 heteroatoms. The van der Waals surface area contributed by atoms with Crippen LogP contribution in [0.5, 0.6) is 0 Å². The SMILES string of the molecule is CCc1cccc2c(C(=O)N(C3CC3)C3CCc4nn(C(=O)OC(C)(C)CN=[N+]=[N-])cc4C3)csc12. The molecule has 188 valence electrons. The number of benzene rings is 1. The number of carbonyl (C=O) groups excluding carboxylic acids is 2. The van der Waals surface area contributed by atoms with Crippen LogP contribution in [0, 0.1) is 0 Å². The van der Waals surface area contributed by atoms with Gasteiger partial charge in [0.1, 0.15) is 5.60 Å². The number of nitrogens with zero attached hydrogens (tertiary/aromatic N) is 6. The Morgan fingerprint density at radius 2 is 2.11 bits per heavy atom. The largest absolute Gasteiger partial charge is 0.442 e. The van der Waals surface area contributed by atoms with Gasteiger partial charge in [-0.1, -0.05) is 30.2 Å². The van der Waals surface area contributed by atoms with Crippen molar-refractivity contribution in [2.75, 3.05) is 6.54 Å². The van der Waals surface area contributed by atoms with Gasteiger partial charge in [-0.25, -0.2) is 4.79 Å². The summed E-state index contributed by atoms with van der Waals surface area (Å²) < 4.78 is 7.94. The van der Waals surface area contributed by atoms with Crippen LogP contribution in [0.2, 0.25) is 0 Å². The van der Waals surface area contributed by atoms with E-state index < -0.39 is 11.7 Å². The van der Waals surface area contributed by atoms with Gasteiger partial charge in [-0.3, -0.25) is 4.79 Å². The molecule has 36 heavy (non-hydrogen) atoms. The second-order valence-electron chi connectivity index (χ2n) is 10.2. The van der Waals surface area contributed by atoms with Crippen LogP contribution in [-0.2, 0) is 24.0 Å². The third kappa shape index (κ3) is 4.70. The lowest BCUT2D eigenvalue weighted by molar-refractivity contribution is 0.0441. The van der Waals surface area contributed by atoms with Crippen LogP contribution in [0.4, 0.5) is 4.79 Å². The number of amides is 1. The Kier molecular flexibility index (Phi) is 6.49. The Balaban J connectivity index is 1.36. The van der Waals surface area contributed by atoms with Crippen molar-refractivity contribution in [3.05, 3.63) is 62.6 Å². The van der Waals surface area contributed by atoms with Gasteiger partial charge in [-0.2, -0.15) is 9.78 Å². The fraction of sp³-hybridized carbons (Fsp3) is 0.500. The Bertz CT molecular complexity index is 1370. The molecule has 1 fully saturated rings. The van der Waals surface area contributed by atoms with E-state index in [0.29, 0.717) is 12.8 Å². The van der Waals surface area contributed by atoms with Crippen molar-refractivity contribution in [1.82, 2.24) is 14.7 Å². The van der Waals surface area contributed by atoms with Crippen molar-refractivity contribution < 1.29 is 14.3 Å². The van der Waals surface area contributed by atoms with E-state index in [1.54, 1.807) is 31.4 Å². The smallest absolute Gasteiger partial charge is 0.435 e. The zero-order valence-electron chi connectivity index (χ0n) is 20.8. The first-order chi connectivity index (χ1) is 17.3. The summed E-state index contributed by atoms with van der Waals surface area (Å²) in [5.41, 5.74) is 11.5. The quantitative estimate of drug-likeness (QED) is 0.226. The highest BCUT2D eigenvalue weighted by molar-refractivity contribution is 7.17. The second-order valence-corrected chi connectivity index (χ2v) is 11.1. The first kappa shape index (κ1) is 24.3. The van der Waals surface area contributed by atoms with E-state index in [4.69, 9.17) is 10.3 Å². The number of carbonyl (C=O) groups is 2. The highest BCUT2D eigenvalue weighted by atomic mass is 32.1. The lowest BCUT2D eigenvalue weighted by Crippen LogP contribution is -2.44. The minimum absolute atomic E-state index is 0.0355. The first-order valence-corrected chi connectivity index (χ1v) is 13.3. The fourth-order valence-corrected chi connectivity index (χ4v) is 6.15.